The molecule has 2 N–H and O–H groups in total. The summed E-state index contributed by atoms with van der Waals surface area (Å²) in [4.78, 5) is 0. The van der Waals surface area contributed by atoms with E-state index in [2.05, 4.69) is 0 Å². The van der Waals surface area contributed by atoms with Gasteiger partial charge in [0, 0.05) is 19.7 Å². The largest absolute Gasteiger partial charge is 0.384 e. The molecular weight excluding hydrogens is 228 g/mol. The predicted molar refractivity (Wildman–Crippen MR) is 63.7 cm³/mol. The molecule has 1 aliphatic carbocycles. The van der Waals surface area contributed by atoms with E-state index in [0.717, 1.165) is 25.7 Å². The molecule has 16 heavy (non-hydrogen) atoms. The molecule has 1 rings (SSSR count). The van der Waals surface area contributed by atoms with E-state index in [9.17, 15) is 8.42 Å². The van der Waals surface area contributed by atoms with E-state index in [1.54, 1.807) is 4.31 Å². The minimum absolute atomic E-state index is 0.0740. The molecule has 5 nitrogen and oxygen atoms in total. The third kappa shape index (κ3) is 3.69. The molecule has 0 spiro atoms. The van der Waals surface area contributed by atoms with Crippen molar-refractivity contribution in [2.75, 3.05) is 32.6 Å². The first-order valence-electron chi connectivity index (χ1n) is 5.80. The lowest BCUT2D eigenvalue weighted by molar-refractivity contribution is 0.202. The van der Waals surface area contributed by atoms with Gasteiger partial charge in [0.2, 0.25) is 10.0 Å². The zero-order valence-electron chi connectivity index (χ0n) is 9.89. The molecule has 0 bridgehead atoms. The van der Waals surface area contributed by atoms with E-state index in [4.69, 9.17) is 10.5 Å². The molecule has 0 amide bonds. The molecule has 0 saturated heterocycles. The van der Waals surface area contributed by atoms with Crippen molar-refractivity contribution in [3.63, 3.8) is 0 Å². The highest BCUT2D eigenvalue weighted by atomic mass is 32.2. The van der Waals surface area contributed by atoms with E-state index in [-0.39, 0.29) is 18.4 Å². The van der Waals surface area contributed by atoms with Gasteiger partial charge in [-0.3, -0.25) is 0 Å². The lowest BCUT2D eigenvalue weighted by Gasteiger charge is -2.36. The summed E-state index contributed by atoms with van der Waals surface area (Å²) in [6.07, 6.45) is 3.82. The standard InChI is InChI=1S/C10H22N2O3S/c1-15-8-9-16(13,14)12(7-3-6-11)10-4-2-5-10/h10H,2-9,11H2,1H3. The quantitative estimate of drug-likeness (QED) is 0.666. The molecule has 0 aromatic heterocycles. The van der Waals surface area contributed by atoms with Crippen molar-refractivity contribution in [3.05, 3.63) is 0 Å². The Labute approximate surface area is 98.0 Å². The van der Waals surface area contributed by atoms with Crippen LogP contribution in [0.15, 0.2) is 0 Å². The number of nitrogens with zero attached hydrogens (tertiary/aromatic N) is 1. The van der Waals surface area contributed by atoms with Crippen molar-refractivity contribution < 1.29 is 13.2 Å². The monoisotopic (exact) mass is 250 g/mol. The van der Waals surface area contributed by atoms with Gasteiger partial charge in [-0.1, -0.05) is 6.42 Å². The Morgan fingerprint density at radius 1 is 1.44 bits per heavy atom. The highest BCUT2D eigenvalue weighted by Gasteiger charge is 2.32. The molecule has 0 aromatic rings. The lowest BCUT2D eigenvalue weighted by atomic mass is 9.93. The summed E-state index contributed by atoms with van der Waals surface area (Å²) in [5.74, 6) is 0.0740. The Bertz CT molecular complexity index is 288. The van der Waals surface area contributed by atoms with Crippen molar-refractivity contribution >= 4 is 10.0 Å². The molecule has 0 radical (unpaired) electrons. The van der Waals surface area contributed by atoms with Gasteiger partial charge in [-0.25, -0.2) is 8.42 Å². The van der Waals surface area contributed by atoms with Crippen LogP contribution < -0.4 is 5.73 Å². The second-order valence-corrected chi connectivity index (χ2v) is 6.19. The molecule has 6 heteroatoms. The van der Waals surface area contributed by atoms with Gasteiger partial charge in [0.05, 0.1) is 12.4 Å². The van der Waals surface area contributed by atoms with Gasteiger partial charge in [-0.2, -0.15) is 4.31 Å². The average Bonchev–Trinajstić information content (AvgIpc) is 2.18. The topological polar surface area (TPSA) is 72.6 Å². The number of ether oxygens (including phenoxy) is 1. The second kappa shape index (κ2) is 6.54. The normalized spacial score (nSPS) is 17.7. The maximum atomic E-state index is 12.0. The van der Waals surface area contributed by atoms with Crippen LogP contribution in [0.2, 0.25) is 0 Å². The Balaban J connectivity index is 2.58. The predicted octanol–water partition coefficient (Wildman–Crippen LogP) is 0.166. The smallest absolute Gasteiger partial charge is 0.216 e. The second-order valence-electron chi connectivity index (χ2n) is 4.15. The number of rotatable bonds is 8. The van der Waals surface area contributed by atoms with Crippen LogP contribution in [0.25, 0.3) is 0 Å². The zero-order chi connectivity index (χ0) is 12.0. The fourth-order valence-corrected chi connectivity index (χ4v) is 3.46. The fourth-order valence-electron chi connectivity index (χ4n) is 1.78. The van der Waals surface area contributed by atoms with Crippen molar-refractivity contribution in [2.45, 2.75) is 31.7 Å². The molecule has 1 saturated carbocycles. The lowest BCUT2D eigenvalue weighted by Crippen LogP contribution is -2.46. The third-order valence-corrected chi connectivity index (χ3v) is 4.85. The van der Waals surface area contributed by atoms with Crippen LogP contribution in [0, 0.1) is 0 Å². The first-order chi connectivity index (χ1) is 7.61. The number of hydrogen-bond donors (Lipinski definition) is 1. The highest BCUT2D eigenvalue weighted by Crippen LogP contribution is 2.27. The van der Waals surface area contributed by atoms with Gasteiger partial charge in [-0.05, 0) is 25.8 Å². The summed E-state index contributed by atoms with van der Waals surface area (Å²) in [5, 5.41) is 0. The molecule has 0 atom stereocenters. The maximum Gasteiger partial charge on any atom is 0.216 e. The molecule has 96 valence electrons. The number of nitrogens with two attached hydrogens (primary N) is 1. The van der Waals surface area contributed by atoms with Crippen LogP contribution >= 0.6 is 0 Å². The van der Waals surface area contributed by atoms with Gasteiger partial charge < -0.3 is 10.5 Å². The summed E-state index contributed by atoms with van der Waals surface area (Å²) in [6.45, 7) is 1.34. The van der Waals surface area contributed by atoms with Gasteiger partial charge >= 0.3 is 0 Å². The minimum atomic E-state index is -3.16. The van der Waals surface area contributed by atoms with Crippen LogP contribution in [-0.4, -0.2) is 51.3 Å². The Morgan fingerprint density at radius 2 is 2.12 bits per heavy atom. The zero-order valence-corrected chi connectivity index (χ0v) is 10.7. The first kappa shape index (κ1) is 13.9. The molecular formula is C10H22N2O3S. The van der Waals surface area contributed by atoms with Crippen LogP contribution in [0.3, 0.4) is 0 Å². The fraction of sp³-hybridized carbons (Fsp3) is 1.00. The van der Waals surface area contributed by atoms with Crippen LogP contribution in [0.4, 0.5) is 0 Å². The van der Waals surface area contributed by atoms with Crippen molar-refractivity contribution in [1.82, 2.24) is 4.31 Å². The molecule has 1 aliphatic rings. The van der Waals surface area contributed by atoms with E-state index in [1.807, 2.05) is 0 Å². The van der Waals surface area contributed by atoms with Crippen molar-refractivity contribution in [3.8, 4) is 0 Å². The Kier molecular flexibility index (Phi) is 5.68. The van der Waals surface area contributed by atoms with E-state index < -0.39 is 10.0 Å². The molecule has 0 aliphatic heterocycles. The minimum Gasteiger partial charge on any atom is -0.384 e. The Morgan fingerprint density at radius 3 is 2.56 bits per heavy atom. The van der Waals surface area contributed by atoms with Gasteiger partial charge in [0.15, 0.2) is 0 Å². The summed E-state index contributed by atoms with van der Waals surface area (Å²) < 4.78 is 30.5. The van der Waals surface area contributed by atoms with Gasteiger partial charge in [0.1, 0.15) is 0 Å². The molecule has 0 heterocycles. The van der Waals surface area contributed by atoms with E-state index >= 15 is 0 Å². The number of methoxy groups -OCH3 is 1. The van der Waals surface area contributed by atoms with Crippen LogP contribution in [0.5, 0.6) is 0 Å². The van der Waals surface area contributed by atoms with Crippen molar-refractivity contribution in [1.29, 1.82) is 0 Å². The highest BCUT2D eigenvalue weighted by molar-refractivity contribution is 7.89. The van der Waals surface area contributed by atoms with Crippen LogP contribution in [0.1, 0.15) is 25.7 Å². The van der Waals surface area contributed by atoms with E-state index in [1.165, 1.54) is 7.11 Å². The first-order valence-corrected chi connectivity index (χ1v) is 7.41. The summed E-state index contributed by atoms with van der Waals surface area (Å²) in [5.41, 5.74) is 5.43. The van der Waals surface area contributed by atoms with Crippen molar-refractivity contribution in [2.24, 2.45) is 5.73 Å². The Hall–Kier alpha value is -0.170. The summed E-state index contributed by atoms with van der Waals surface area (Å²) >= 11 is 0. The SMILES string of the molecule is COCCS(=O)(=O)N(CCCN)C1CCC1. The van der Waals surface area contributed by atoms with Gasteiger partial charge in [0.25, 0.3) is 0 Å². The number of sulfonamides is 1. The van der Waals surface area contributed by atoms with E-state index in [0.29, 0.717) is 13.1 Å². The van der Waals surface area contributed by atoms with Crippen LogP contribution in [-0.2, 0) is 14.8 Å². The summed E-state index contributed by atoms with van der Waals surface area (Å²) in [7, 11) is -1.65. The maximum absolute atomic E-state index is 12.0. The third-order valence-electron chi connectivity index (χ3n) is 2.97. The molecule has 1 fully saturated rings. The van der Waals surface area contributed by atoms with Gasteiger partial charge in [-0.15, -0.1) is 0 Å². The number of hydrogen-bond acceptors (Lipinski definition) is 4. The summed E-state index contributed by atoms with van der Waals surface area (Å²) in [6, 6.07) is 0.202. The average molecular weight is 250 g/mol. The molecule has 0 aromatic carbocycles. The molecule has 0 unspecified atom stereocenters.